The van der Waals surface area contributed by atoms with E-state index in [4.69, 9.17) is 0 Å². The summed E-state index contributed by atoms with van der Waals surface area (Å²) in [5, 5.41) is 16.2. The number of carbonyl (C=O) groups excluding carboxylic acids is 1. The molecule has 0 spiro atoms. The van der Waals surface area contributed by atoms with Gasteiger partial charge in [-0.2, -0.15) is 5.10 Å². The Bertz CT molecular complexity index is 490. The average molecular weight is 279 g/mol. The van der Waals surface area contributed by atoms with E-state index in [2.05, 4.69) is 10.4 Å². The van der Waals surface area contributed by atoms with Crippen LogP contribution in [0.5, 0.6) is 0 Å². The van der Waals surface area contributed by atoms with Crippen molar-refractivity contribution in [1.82, 2.24) is 15.1 Å². The van der Waals surface area contributed by atoms with Crippen LogP contribution in [0.3, 0.4) is 0 Å². The fourth-order valence-electron chi connectivity index (χ4n) is 2.84. The third kappa shape index (κ3) is 3.37. The largest absolute Gasteiger partial charge is 0.481 e. The van der Waals surface area contributed by atoms with Gasteiger partial charge in [0.2, 0.25) is 5.91 Å². The third-order valence-electron chi connectivity index (χ3n) is 4.01. The zero-order chi connectivity index (χ0) is 14.6. The smallest absolute Gasteiger partial charge is 0.310 e. The molecule has 6 nitrogen and oxygen atoms in total. The highest BCUT2D eigenvalue weighted by molar-refractivity contribution is 5.85. The van der Waals surface area contributed by atoms with Gasteiger partial charge in [0, 0.05) is 26.2 Å². The molecule has 0 bridgehead atoms. The summed E-state index contributed by atoms with van der Waals surface area (Å²) in [5.41, 5.74) is 0.222. The van der Waals surface area contributed by atoms with Crippen LogP contribution in [-0.4, -0.2) is 33.3 Å². The van der Waals surface area contributed by atoms with Crippen LogP contribution in [0, 0.1) is 5.41 Å². The van der Waals surface area contributed by atoms with Gasteiger partial charge in [0.15, 0.2) is 0 Å². The molecule has 1 aromatic heterocycles. The molecule has 110 valence electrons. The van der Waals surface area contributed by atoms with Crippen molar-refractivity contribution in [3.05, 3.63) is 18.0 Å². The molecular formula is C14H21N3O3. The van der Waals surface area contributed by atoms with E-state index >= 15 is 0 Å². The standard InChI is InChI=1S/C14H21N3O3/c1-17-10-11(9-16-17)4-7-15-12(18)8-14(13(19)20)5-2-3-6-14/h9-10H,2-8H2,1H3,(H,15,18)(H,19,20). The second-order valence-corrected chi connectivity index (χ2v) is 5.59. The Morgan fingerprint density at radius 3 is 2.70 bits per heavy atom. The quantitative estimate of drug-likeness (QED) is 0.817. The summed E-state index contributed by atoms with van der Waals surface area (Å²) in [6.45, 7) is 0.514. The van der Waals surface area contributed by atoms with Crippen molar-refractivity contribution in [2.45, 2.75) is 38.5 Å². The third-order valence-corrected chi connectivity index (χ3v) is 4.01. The first-order valence-electron chi connectivity index (χ1n) is 6.99. The first kappa shape index (κ1) is 14.6. The van der Waals surface area contributed by atoms with Crippen molar-refractivity contribution in [2.75, 3.05) is 6.54 Å². The van der Waals surface area contributed by atoms with E-state index in [0.29, 0.717) is 25.8 Å². The number of aromatic nitrogens is 2. The number of carbonyl (C=O) groups is 2. The van der Waals surface area contributed by atoms with Gasteiger partial charge in [-0.15, -0.1) is 0 Å². The van der Waals surface area contributed by atoms with Crippen LogP contribution in [0.15, 0.2) is 12.4 Å². The molecule has 2 N–H and O–H groups in total. The zero-order valence-electron chi connectivity index (χ0n) is 11.8. The first-order chi connectivity index (χ1) is 9.52. The Hall–Kier alpha value is -1.85. The lowest BCUT2D eigenvalue weighted by Crippen LogP contribution is -2.36. The minimum atomic E-state index is -0.836. The number of nitrogens with zero attached hydrogens (tertiary/aromatic N) is 2. The van der Waals surface area contributed by atoms with Gasteiger partial charge < -0.3 is 10.4 Å². The number of nitrogens with one attached hydrogen (secondary N) is 1. The highest BCUT2D eigenvalue weighted by Gasteiger charge is 2.42. The molecule has 0 aromatic carbocycles. The maximum absolute atomic E-state index is 11.9. The molecule has 1 fully saturated rings. The van der Waals surface area contributed by atoms with E-state index in [1.165, 1.54) is 0 Å². The van der Waals surface area contributed by atoms with Gasteiger partial charge in [0.05, 0.1) is 11.6 Å². The molecule has 6 heteroatoms. The Kier molecular flexibility index (Phi) is 4.42. The fourth-order valence-corrected chi connectivity index (χ4v) is 2.84. The summed E-state index contributed by atoms with van der Waals surface area (Å²) in [6.07, 6.45) is 7.49. The maximum Gasteiger partial charge on any atom is 0.310 e. The predicted molar refractivity (Wildman–Crippen MR) is 73.1 cm³/mol. The minimum Gasteiger partial charge on any atom is -0.481 e. The van der Waals surface area contributed by atoms with Gasteiger partial charge in [0.1, 0.15) is 0 Å². The second-order valence-electron chi connectivity index (χ2n) is 5.59. The van der Waals surface area contributed by atoms with Gasteiger partial charge >= 0.3 is 5.97 Å². The second kappa shape index (κ2) is 6.07. The minimum absolute atomic E-state index is 0.0926. The molecule has 0 saturated heterocycles. The topological polar surface area (TPSA) is 84.2 Å². The van der Waals surface area contributed by atoms with Crippen LogP contribution in [0.4, 0.5) is 0 Å². The first-order valence-corrected chi connectivity index (χ1v) is 6.99. The number of hydrogen-bond donors (Lipinski definition) is 2. The molecule has 1 heterocycles. The number of carboxylic acids is 1. The molecule has 0 aliphatic heterocycles. The van der Waals surface area contributed by atoms with Crippen LogP contribution in [-0.2, 0) is 23.1 Å². The molecule has 2 rings (SSSR count). The van der Waals surface area contributed by atoms with Crippen molar-refractivity contribution in [2.24, 2.45) is 12.5 Å². The van der Waals surface area contributed by atoms with Gasteiger partial charge in [-0.3, -0.25) is 14.3 Å². The lowest BCUT2D eigenvalue weighted by atomic mass is 9.82. The molecule has 0 unspecified atom stereocenters. The summed E-state index contributed by atoms with van der Waals surface area (Å²) in [7, 11) is 1.85. The van der Waals surface area contributed by atoms with Crippen LogP contribution in [0.2, 0.25) is 0 Å². The Balaban J connectivity index is 1.78. The highest BCUT2D eigenvalue weighted by atomic mass is 16.4. The summed E-state index contributed by atoms with van der Waals surface area (Å²) in [5.74, 6) is -1.00. The van der Waals surface area contributed by atoms with E-state index in [9.17, 15) is 14.7 Å². The number of carboxylic acid groups (broad SMARTS) is 1. The maximum atomic E-state index is 11.9. The van der Waals surface area contributed by atoms with Crippen molar-refractivity contribution < 1.29 is 14.7 Å². The molecule has 1 saturated carbocycles. The van der Waals surface area contributed by atoms with Crippen LogP contribution in [0.25, 0.3) is 0 Å². The van der Waals surface area contributed by atoms with Crippen LogP contribution in [0.1, 0.15) is 37.7 Å². The highest BCUT2D eigenvalue weighted by Crippen LogP contribution is 2.41. The van der Waals surface area contributed by atoms with Crippen molar-refractivity contribution >= 4 is 11.9 Å². The number of aliphatic carboxylic acids is 1. The molecule has 1 amide bonds. The van der Waals surface area contributed by atoms with Crippen molar-refractivity contribution in [3.63, 3.8) is 0 Å². The van der Waals surface area contributed by atoms with E-state index in [-0.39, 0.29) is 12.3 Å². The van der Waals surface area contributed by atoms with Gasteiger partial charge in [0.25, 0.3) is 0 Å². The fraction of sp³-hybridized carbons (Fsp3) is 0.643. The molecule has 1 aliphatic rings. The zero-order valence-corrected chi connectivity index (χ0v) is 11.8. The number of amides is 1. The SMILES string of the molecule is Cn1cc(CCNC(=O)CC2(C(=O)O)CCCC2)cn1. The summed E-state index contributed by atoms with van der Waals surface area (Å²) in [4.78, 5) is 23.3. The summed E-state index contributed by atoms with van der Waals surface area (Å²) < 4.78 is 1.72. The summed E-state index contributed by atoms with van der Waals surface area (Å²) in [6, 6.07) is 0. The van der Waals surface area contributed by atoms with Gasteiger partial charge in [-0.1, -0.05) is 12.8 Å². The lowest BCUT2D eigenvalue weighted by Gasteiger charge is -2.22. The molecule has 20 heavy (non-hydrogen) atoms. The monoisotopic (exact) mass is 279 g/mol. The number of hydrogen-bond acceptors (Lipinski definition) is 3. The Morgan fingerprint density at radius 1 is 1.45 bits per heavy atom. The molecule has 0 radical (unpaired) electrons. The Morgan fingerprint density at radius 2 is 2.15 bits per heavy atom. The van der Waals surface area contributed by atoms with E-state index in [1.54, 1.807) is 10.9 Å². The van der Waals surface area contributed by atoms with Gasteiger partial charge in [-0.25, -0.2) is 0 Å². The Labute approximate surface area is 118 Å². The molecular weight excluding hydrogens is 258 g/mol. The molecule has 0 atom stereocenters. The van der Waals surface area contributed by atoms with Crippen LogP contribution >= 0.6 is 0 Å². The van der Waals surface area contributed by atoms with Crippen molar-refractivity contribution in [1.29, 1.82) is 0 Å². The lowest BCUT2D eigenvalue weighted by molar-refractivity contribution is -0.151. The predicted octanol–water partition coefficient (Wildman–Crippen LogP) is 1.11. The van der Waals surface area contributed by atoms with Crippen molar-refractivity contribution in [3.8, 4) is 0 Å². The van der Waals surface area contributed by atoms with E-state index in [0.717, 1.165) is 18.4 Å². The van der Waals surface area contributed by atoms with E-state index < -0.39 is 11.4 Å². The normalized spacial score (nSPS) is 17.1. The summed E-state index contributed by atoms with van der Waals surface area (Å²) >= 11 is 0. The average Bonchev–Trinajstić information content (AvgIpc) is 2.99. The van der Waals surface area contributed by atoms with Crippen LogP contribution < -0.4 is 5.32 Å². The molecule has 1 aromatic rings. The number of aryl methyl sites for hydroxylation is 1. The van der Waals surface area contributed by atoms with E-state index in [1.807, 2.05) is 13.2 Å². The molecule has 1 aliphatic carbocycles. The number of rotatable bonds is 6. The van der Waals surface area contributed by atoms with Gasteiger partial charge in [-0.05, 0) is 24.8 Å².